The molecule has 5 rings (SSSR count). The maximum Gasteiger partial charge on any atom is 0.296 e. The van der Waals surface area contributed by atoms with Crippen molar-refractivity contribution < 1.29 is 23.5 Å². The van der Waals surface area contributed by atoms with Crippen molar-refractivity contribution in [2.75, 3.05) is 4.90 Å². The lowest BCUT2D eigenvalue weighted by molar-refractivity contribution is -0.117. The molecule has 160 valence electrons. The number of benzene rings is 2. The molecule has 0 saturated carbocycles. The van der Waals surface area contributed by atoms with Crippen molar-refractivity contribution >= 4 is 40.3 Å². The lowest BCUT2D eigenvalue weighted by Crippen LogP contribution is -2.32. The third-order valence-electron chi connectivity index (χ3n) is 5.30. The van der Waals surface area contributed by atoms with Crippen LogP contribution in [0, 0.1) is 12.7 Å². The molecule has 4 aromatic rings. The Morgan fingerprint density at radius 3 is 2.69 bits per heavy atom. The summed E-state index contributed by atoms with van der Waals surface area (Å²) in [6, 6.07) is 13.0. The van der Waals surface area contributed by atoms with Gasteiger partial charge in [0, 0.05) is 5.56 Å². The van der Waals surface area contributed by atoms with Crippen LogP contribution in [-0.2, 0) is 4.79 Å². The average molecular weight is 452 g/mol. The number of hydrogen-bond donors (Lipinski definition) is 2. The standard InChI is InChI=1S/C23H15ClFN3O4/c1-11-9-10-16(32-11)20(29)17-19(12-5-4-6-13(24)18(12)25)28(22(31)21(17)30)23-26-14-7-2-3-8-15(14)27-23/h2-10,19,30H,1H3,(H,26,27). The number of carbonyl (C=O) groups is 2. The van der Waals surface area contributed by atoms with Gasteiger partial charge in [-0.05, 0) is 37.3 Å². The van der Waals surface area contributed by atoms with E-state index in [2.05, 4.69) is 9.97 Å². The van der Waals surface area contributed by atoms with E-state index in [1.807, 2.05) is 0 Å². The number of furan rings is 1. The van der Waals surface area contributed by atoms with Crippen molar-refractivity contribution in [2.24, 2.45) is 0 Å². The molecule has 0 aliphatic carbocycles. The lowest BCUT2D eigenvalue weighted by atomic mass is 9.95. The van der Waals surface area contributed by atoms with Gasteiger partial charge in [0.05, 0.1) is 21.6 Å². The Morgan fingerprint density at radius 1 is 1.19 bits per heavy atom. The summed E-state index contributed by atoms with van der Waals surface area (Å²) in [6.07, 6.45) is 0. The van der Waals surface area contributed by atoms with Crippen LogP contribution < -0.4 is 4.90 Å². The van der Waals surface area contributed by atoms with Crippen molar-refractivity contribution in [2.45, 2.75) is 13.0 Å². The average Bonchev–Trinajstić information content (AvgIpc) is 3.46. The predicted octanol–water partition coefficient (Wildman–Crippen LogP) is 5.04. The third-order valence-corrected chi connectivity index (χ3v) is 5.59. The zero-order valence-corrected chi connectivity index (χ0v) is 17.4. The van der Waals surface area contributed by atoms with E-state index in [1.165, 1.54) is 24.3 Å². The molecule has 1 aliphatic heterocycles. The molecule has 1 aliphatic rings. The molecule has 0 spiro atoms. The summed E-state index contributed by atoms with van der Waals surface area (Å²) in [5.41, 5.74) is 0.788. The Morgan fingerprint density at radius 2 is 1.97 bits per heavy atom. The molecule has 2 aromatic heterocycles. The number of rotatable bonds is 4. The number of aryl methyl sites for hydroxylation is 1. The minimum atomic E-state index is -1.32. The maximum absolute atomic E-state index is 15.1. The summed E-state index contributed by atoms with van der Waals surface area (Å²) >= 11 is 5.99. The predicted molar refractivity (Wildman–Crippen MR) is 115 cm³/mol. The van der Waals surface area contributed by atoms with Gasteiger partial charge >= 0.3 is 0 Å². The number of amides is 1. The highest BCUT2D eigenvalue weighted by Crippen LogP contribution is 2.43. The quantitative estimate of drug-likeness (QED) is 0.423. The second-order valence-corrected chi connectivity index (χ2v) is 7.71. The highest BCUT2D eigenvalue weighted by atomic mass is 35.5. The molecule has 7 nitrogen and oxygen atoms in total. The van der Waals surface area contributed by atoms with E-state index in [0.29, 0.717) is 16.8 Å². The number of fused-ring (bicyclic) bond motifs is 1. The van der Waals surface area contributed by atoms with Crippen LogP contribution in [0.2, 0.25) is 5.02 Å². The summed E-state index contributed by atoms with van der Waals surface area (Å²) in [6.45, 7) is 1.65. The fourth-order valence-corrected chi connectivity index (χ4v) is 4.01. The Hall–Kier alpha value is -3.91. The minimum absolute atomic E-state index is 0.0468. The molecule has 9 heteroatoms. The van der Waals surface area contributed by atoms with Crippen molar-refractivity contribution in [3.05, 3.63) is 93.9 Å². The second kappa shape index (κ2) is 7.35. The third kappa shape index (κ3) is 2.99. The minimum Gasteiger partial charge on any atom is -0.503 e. The molecule has 3 heterocycles. The molecule has 0 saturated heterocycles. The first-order valence-electron chi connectivity index (χ1n) is 9.63. The molecule has 2 aromatic carbocycles. The molecule has 1 atom stereocenters. The van der Waals surface area contributed by atoms with Crippen molar-refractivity contribution in [1.82, 2.24) is 9.97 Å². The molecule has 32 heavy (non-hydrogen) atoms. The smallest absolute Gasteiger partial charge is 0.296 e. The van der Waals surface area contributed by atoms with Crippen molar-refractivity contribution in [3.63, 3.8) is 0 Å². The fraction of sp³-hybridized carbons (Fsp3) is 0.0870. The van der Waals surface area contributed by atoms with Crippen LogP contribution in [0.4, 0.5) is 10.3 Å². The number of aliphatic hydroxyl groups excluding tert-OH is 1. The van der Waals surface area contributed by atoms with Gasteiger partial charge < -0.3 is 14.5 Å². The molecule has 1 unspecified atom stereocenters. The summed E-state index contributed by atoms with van der Waals surface area (Å²) < 4.78 is 20.5. The fourth-order valence-electron chi connectivity index (χ4n) is 3.82. The number of nitrogens with one attached hydrogen (secondary N) is 1. The number of hydrogen-bond acceptors (Lipinski definition) is 5. The number of nitrogens with zero attached hydrogens (tertiary/aromatic N) is 2. The maximum atomic E-state index is 15.1. The van der Waals surface area contributed by atoms with Crippen LogP contribution in [0.5, 0.6) is 0 Å². The van der Waals surface area contributed by atoms with Gasteiger partial charge in [-0.2, -0.15) is 0 Å². The van der Waals surface area contributed by atoms with E-state index < -0.39 is 29.3 Å². The number of para-hydroxylation sites is 2. The highest BCUT2D eigenvalue weighted by Gasteiger charge is 2.47. The van der Waals surface area contributed by atoms with Gasteiger partial charge in [0.25, 0.3) is 5.91 Å². The van der Waals surface area contributed by atoms with Crippen LogP contribution in [0.3, 0.4) is 0 Å². The number of imidazole rings is 1. The zero-order valence-electron chi connectivity index (χ0n) is 16.6. The number of aliphatic hydroxyl groups is 1. The monoisotopic (exact) mass is 451 g/mol. The Kier molecular flexibility index (Phi) is 4.60. The number of aromatic amines is 1. The first-order chi connectivity index (χ1) is 15.4. The molecule has 0 bridgehead atoms. The Bertz CT molecular complexity index is 1410. The molecular weight excluding hydrogens is 437 g/mol. The lowest BCUT2D eigenvalue weighted by Gasteiger charge is -2.24. The SMILES string of the molecule is Cc1ccc(C(=O)C2=C(O)C(=O)N(c3nc4ccccc4[nH]3)C2c2cccc(Cl)c2F)o1. The summed E-state index contributed by atoms with van der Waals surface area (Å²) in [5.74, 6) is -2.84. The number of carbonyl (C=O) groups excluding carboxylic acids is 2. The van der Waals surface area contributed by atoms with Gasteiger partial charge in [-0.25, -0.2) is 9.37 Å². The van der Waals surface area contributed by atoms with Gasteiger partial charge in [0.15, 0.2) is 11.5 Å². The van der Waals surface area contributed by atoms with E-state index in [-0.39, 0.29) is 27.9 Å². The Balaban J connectivity index is 1.72. The van der Waals surface area contributed by atoms with Gasteiger partial charge in [-0.1, -0.05) is 35.9 Å². The Labute approximate surface area is 185 Å². The topological polar surface area (TPSA) is 99.4 Å². The van der Waals surface area contributed by atoms with E-state index in [1.54, 1.807) is 37.3 Å². The van der Waals surface area contributed by atoms with Crippen LogP contribution >= 0.6 is 11.6 Å². The van der Waals surface area contributed by atoms with Crippen molar-refractivity contribution in [3.8, 4) is 0 Å². The van der Waals surface area contributed by atoms with E-state index >= 15 is 4.39 Å². The highest BCUT2D eigenvalue weighted by molar-refractivity contribution is 6.30. The van der Waals surface area contributed by atoms with Crippen LogP contribution in [-0.4, -0.2) is 26.8 Å². The van der Waals surface area contributed by atoms with Gasteiger partial charge in [0.2, 0.25) is 11.7 Å². The van der Waals surface area contributed by atoms with E-state index in [4.69, 9.17) is 16.0 Å². The largest absolute Gasteiger partial charge is 0.503 e. The summed E-state index contributed by atoms with van der Waals surface area (Å²) in [7, 11) is 0. The normalized spacial score (nSPS) is 16.4. The van der Waals surface area contributed by atoms with Gasteiger partial charge in [-0.3, -0.25) is 14.5 Å². The van der Waals surface area contributed by atoms with Crippen LogP contribution in [0.1, 0.15) is 27.9 Å². The number of aromatic nitrogens is 2. The van der Waals surface area contributed by atoms with E-state index in [0.717, 1.165) is 4.90 Å². The van der Waals surface area contributed by atoms with Crippen LogP contribution in [0.15, 0.2) is 70.3 Å². The molecule has 0 radical (unpaired) electrons. The molecular formula is C23H15ClFN3O4. The summed E-state index contributed by atoms with van der Waals surface area (Å²) in [5, 5.41) is 10.5. The number of halogens is 2. The molecule has 1 amide bonds. The number of H-pyrrole nitrogens is 1. The number of ketones is 1. The first kappa shape index (κ1) is 20.0. The zero-order chi connectivity index (χ0) is 22.6. The first-order valence-corrected chi connectivity index (χ1v) is 10.0. The molecule has 2 N–H and O–H groups in total. The van der Waals surface area contributed by atoms with Gasteiger partial charge in [0.1, 0.15) is 17.6 Å². The second-order valence-electron chi connectivity index (χ2n) is 7.30. The van der Waals surface area contributed by atoms with Crippen LogP contribution in [0.25, 0.3) is 11.0 Å². The van der Waals surface area contributed by atoms with E-state index in [9.17, 15) is 14.7 Å². The number of anilines is 1. The van der Waals surface area contributed by atoms with Crippen molar-refractivity contribution in [1.29, 1.82) is 0 Å². The molecule has 0 fully saturated rings. The summed E-state index contributed by atoms with van der Waals surface area (Å²) in [4.78, 5) is 34.8. The number of Topliss-reactive ketones (excluding diaryl/α,β-unsaturated/α-hetero) is 1. The van der Waals surface area contributed by atoms with Gasteiger partial charge in [-0.15, -0.1) is 0 Å².